The van der Waals surface area contributed by atoms with Crippen molar-refractivity contribution in [2.24, 2.45) is 0 Å². The van der Waals surface area contributed by atoms with Gasteiger partial charge in [-0.05, 0) is 50.2 Å². The summed E-state index contributed by atoms with van der Waals surface area (Å²) in [7, 11) is 0.931. The van der Waals surface area contributed by atoms with E-state index >= 15 is 0 Å². The summed E-state index contributed by atoms with van der Waals surface area (Å²) >= 11 is 6.60. The standard InChI is InChI=1S/C27H39ClN4O5Si/c1-17(2)32-25-22(14-29-32)23(28)13-24(30-25)18-10-19(35-7)12-20(11-18)36-16-21(15-31(6)26(33)34)37-38(8,9)27(3,4)5/h10-14,17,21H,15-16H2,1-9H3,(H,33,34). The molecule has 2 aromatic heterocycles. The first-order chi connectivity index (χ1) is 17.6. The Labute approximate surface area is 230 Å². The Bertz CT molecular complexity index is 1290. The van der Waals surface area contributed by atoms with Crippen LogP contribution in [0.1, 0.15) is 40.7 Å². The maximum Gasteiger partial charge on any atom is 0.407 e. The van der Waals surface area contributed by atoms with E-state index in [1.54, 1.807) is 25.4 Å². The summed E-state index contributed by atoms with van der Waals surface area (Å²) in [6.07, 6.45) is 0.262. The van der Waals surface area contributed by atoms with Crippen LogP contribution in [0.15, 0.2) is 30.5 Å². The Morgan fingerprint density at radius 3 is 2.42 bits per heavy atom. The third-order valence-electron chi connectivity index (χ3n) is 6.92. The Morgan fingerprint density at radius 2 is 1.84 bits per heavy atom. The van der Waals surface area contributed by atoms with Gasteiger partial charge in [0.2, 0.25) is 0 Å². The normalized spacial score (nSPS) is 13.1. The minimum Gasteiger partial charge on any atom is -0.497 e. The Kier molecular flexibility index (Phi) is 9.00. The van der Waals surface area contributed by atoms with Gasteiger partial charge < -0.3 is 23.9 Å². The van der Waals surface area contributed by atoms with E-state index in [1.165, 1.54) is 11.9 Å². The van der Waals surface area contributed by atoms with Gasteiger partial charge in [-0.2, -0.15) is 5.10 Å². The maximum atomic E-state index is 11.5. The van der Waals surface area contributed by atoms with Crippen molar-refractivity contribution in [3.8, 4) is 22.8 Å². The van der Waals surface area contributed by atoms with Crippen molar-refractivity contribution in [2.75, 3.05) is 27.3 Å². The first kappa shape index (κ1) is 29.7. The Hall–Kier alpha value is -2.82. The lowest BCUT2D eigenvalue weighted by Crippen LogP contribution is -2.49. The van der Waals surface area contributed by atoms with Crippen LogP contribution >= 0.6 is 11.6 Å². The number of carboxylic acid groups (broad SMARTS) is 1. The summed E-state index contributed by atoms with van der Waals surface area (Å²) < 4.78 is 20.1. The molecule has 1 unspecified atom stereocenters. The summed E-state index contributed by atoms with van der Waals surface area (Å²) in [6, 6.07) is 7.45. The highest BCUT2D eigenvalue weighted by Gasteiger charge is 2.39. The van der Waals surface area contributed by atoms with Gasteiger partial charge in [-0.15, -0.1) is 0 Å². The lowest BCUT2D eigenvalue weighted by atomic mass is 10.1. The van der Waals surface area contributed by atoms with Gasteiger partial charge in [-0.25, -0.2) is 14.5 Å². The number of benzene rings is 1. The quantitative estimate of drug-likeness (QED) is 0.274. The minimum atomic E-state index is -2.19. The van der Waals surface area contributed by atoms with Crippen molar-refractivity contribution < 1.29 is 23.8 Å². The number of fused-ring (bicyclic) bond motifs is 1. The molecule has 0 saturated carbocycles. The van der Waals surface area contributed by atoms with Crippen LogP contribution in [0.3, 0.4) is 0 Å². The molecule has 0 aliphatic rings. The fraction of sp³-hybridized carbons (Fsp3) is 0.519. The number of methoxy groups -OCH3 is 1. The van der Waals surface area contributed by atoms with Gasteiger partial charge >= 0.3 is 6.09 Å². The average molecular weight is 563 g/mol. The smallest absolute Gasteiger partial charge is 0.407 e. The molecular formula is C27H39ClN4O5Si. The van der Waals surface area contributed by atoms with Gasteiger partial charge in [-0.3, -0.25) is 0 Å². The summed E-state index contributed by atoms with van der Waals surface area (Å²) in [6.45, 7) is 15.1. The zero-order chi connectivity index (χ0) is 28.4. The molecule has 0 aliphatic heterocycles. The number of pyridine rings is 1. The molecule has 208 valence electrons. The molecule has 0 aliphatic carbocycles. The number of hydrogen-bond acceptors (Lipinski definition) is 6. The number of halogens is 1. The molecule has 0 radical (unpaired) electrons. The third-order valence-corrected chi connectivity index (χ3v) is 11.8. The van der Waals surface area contributed by atoms with Crippen molar-refractivity contribution in [1.29, 1.82) is 0 Å². The van der Waals surface area contributed by atoms with Crippen molar-refractivity contribution >= 4 is 37.0 Å². The van der Waals surface area contributed by atoms with Crippen LogP contribution in [0.5, 0.6) is 11.5 Å². The second-order valence-electron chi connectivity index (χ2n) is 11.3. The largest absolute Gasteiger partial charge is 0.497 e. The van der Waals surface area contributed by atoms with E-state index in [1.807, 2.05) is 30.7 Å². The summed E-state index contributed by atoms with van der Waals surface area (Å²) in [5, 5.41) is 15.2. The number of aromatic nitrogens is 3. The molecule has 1 amide bonds. The van der Waals surface area contributed by atoms with Gasteiger partial charge in [0.05, 0.1) is 42.1 Å². The number of ether oxygens (including phenoxy) is 2. The molecule has 38 heavy (non-hydrogen) atoms. The molecule has 2 heterocycles. The number of carbonyl (C=O) groups is 1. The first-order valence-corrected chi connectivity index (χ1v) is 15.9. The van der Waals surface area contributed by atoms with Crippen molar-refractivity contribution in [2.45, 2.75) is 64.9 Å². The molecule has 9 nitrogen and oxygen atoms in total. The fourth-order valence-corrected chi connectivity index (χ4v) is 5.28. The molecule has 0 spiro atoms. The van der Waals surface area contributed by atoms with E-state index in [-0.39, 0.29) is 24.2 Å². The maximum absolute atomic E-state index is 11.5. The van der Waals surface area contributed by atoms with Crippen LogP contribution in [-0.2, 0) is 4.43 Å². The molecule has 1 N–H and O–H groups in total. The van der Waals surface area contributed by atoms with E-state index in [0.717, 1.165) is 10.9 Å². The number of likely N-dealkylation sites (N-methyl/N-ethyl adjacent to an activating group) is 1. The van der Waals surface area contributed by atoms with Gasteiger partial charge in [0, 0.05) is 24.7 Å². The predicted octanol–water partition coefficient (Wildman–Crippen LogP) is 6.72. The summed E-state index contributed by atoms with van der Waals surface area (Å²) in [5.41, 5.74) is 2.13. The van der Waals surface area contributed by atoms with E-state index in [4.69, 9.17) is 30.5 Å². The zero-order valence-corrected chi connectivity index (χ0v) is 25.5. The number of hydrogen-bond donors (Lipinski definition) is 1. The molecule has 1 atom stereocenters. The van der Waals surface area contributed by atoms with Crippen LogP contribution < -0.4 is 9.47 Å². The highest BCUT2D eigenvalue weighted by Crippen LogP contribution is 2.38. The van der Waals surface area contributed by atoms with Gasteiger partial charge in [0.25, 0.3) is 0 Å². The van der Waals surface area contributed by atoms with Crippen LogP contribution in [0.25, 0.3) is 22.3 Å². The van der Waals surface area contributed by atoms with Crippen LogP contribution in [0, 0.1) is 0 Å². The number of nitrogens with zero attached hydrogens (tertiary/aromatic N) is 4. The van der Waals surface area contributed by atoms with E-state index in [0.29, 0.717) is 27.9 Å². The Morgan fingerprint density at radius 1 is 1.18 bits per heavy atom. The molecular weight excluding hydrogens is 524 g/mol. The highest BCUT2D eigenvalue weighted by atomic mass is 35.5. The highest BCUT2D eigenvalue weighted by molar-refractivity contribution is 6.74. The van der Waals surface area contributed by atoms with Crippen molar-refractivity contribution in [3.05, 3.63) is 35.5 Å². The van der Waals surface area contributed by atoms with E-state index in [9.17, 15) is 9.90 Å². The summed E-state index contributed by atoms with van der Waals surface area (Å²) in [5.74, 6) is 1.15. The van der Waals surface area contributed by atoms with E-state index < -0.39 is 20.5 Å². The molecule has 0 fully saturated rings. The fourth-order valence-electron chi connectivity index (χ4n) is 3.72. The van der Waals surface area contributed by atoms with Crippen molar-refractivity contribution in [1.82, 2.24) is 19.7 Å². The number of rotatable bonds is 10. The molecule has 3 aromatic rings. The second kappa shape index (κ2) is 11.5. The molecule has 1 aromatic carbocycles. The molecule has 0 bridgehead atoms. The SMILES string of the molecule is COc1cc(OCC(CN(C)C(=O)O)O[Si](C)(C)C(C)(C)C)cc(-c2cc(Cl)c3cnn(C(C)C)c3n2)c1. The zero-order valence-electron chi connectivity index (χ0n) is 23.7. The van der Waals surface area contributed by atoms with Gasteiger partial charge in [-0.1, -0.05) is 32.4 Å². The van der Waals surface area contributed by atoms with Crippen molar-refractivity contribution in [3.63, 3.8) is 0 Å². The summed E-state index contributed by atoms with van der Waals surface area (Å²) in [4.78, 5) is 17.6. The monoisotopic (exact) mass is 562 g/mol. The van der Waals surface area contributed by atoms with E-state index in [2.05, 4.69) is 39.0 Å². The lowest BCUT2D eigenvalue weighted by Gasteiger charge is -2.39. The molecule has 3 rings (SSSR count). The van der Waals surface area contributed by atoms with Crippen LogP contribution in [-0.4, -0.2) is 72.6 Å². The Balaban J connectivity index is 1.93. The topological polar surface area (TPSA) is 98.9 Å². The lowest BCUT2D eigenvalue weighted by molar-refractivity contribution is 0.0794. The molecule has 11 heteroatoms. The predicted molar refractivity (Wildman–Crippen MR) is 153 cm³/mol. The number of amides is 1. The molecule has 0 saturated heterocycles. The van der Waals surface area contributed by atoms with Crippen LogP contribution in [0.4, 0.5) is 4.79 Å². The third kappa shape index (κ3) is 6.78. The first-order valence-electron chi connectivity index (χ1n) is 12.6. The van der Waals surface area contributed by atoms with Gasteiger partial charge in [0.1, 0.15) is 18.1 Å². The van der Waals surface area contributed by atoms with Crippen LogP contribution in [0.2, 0.25) is 23.2 Å². The van der Waals surface area contributed by atoms with Gasteiger partial charge in [0.15, 0.2) is 14.0 Å². The average Bonchev–Trinajstić information content (AvgIpc) is 3.26. The minimum absolute atomic E-state index is 0.0394. The second-order valence-corrected chi connectivity index (χ2v) is 16.4.